The standard InChI is InChI=1S/C13H24N2O3/c1-2-3-6-12(16)15-7-4-5-11(10-15)8-14-9-13(17)18/h11,14H,2-10H2,1H3,(H,17,18). The summed E-state index contributed by atoms with van der Waals surface area (Å²) < 4.78 is 0. The molecule has 1 amide bonds. The number of amides is 1. The van der Waals surface area contributed by atoms with E-state index in [1.807, 2.05) is 4.90 Å². The Morgan fingerprint density at radius 3 is 2.89 bits per heavy atom. The summed E-state index contributed by atoms with van der Waals surface area (Å²) in [5, 5.41) is 11.5. The van der Waals surface area contributed by atoms with Gasteiger partial charge >= 0.3 is 5.97 Å². The zero-order chi connectivity index (χ0) is 13.4. The Morgan fingerprint density at radius 2 is 2.22 bits per heavy atom. The quantitative estimate of drug-likeness (QED) is 0.715. The maximum absolute atomic E-state index is 11.9. The molecule has 1 heterocycles. The molecule has 5 heteroatoms. The van der Waals surface area contributed by atoms with Crippen molar-refractivity contribution in [3.63, 3.8) is 0 Å². The van der Waals surface area contributed by atoms with Crippen molar-refractivity contribution < 1.29 is 14.7 Å². The first kappa shape index (κ1) is 15.0. The molecule has 0 bridgehead atoms. The zero-order valence-corrected chi connectivity index (χ0v) is 11.2. The monoisotopic (exact) mass is 256 g/mol. The Labute approximate surface area is 109 Å². The lowest BCUT2D eigenvalue weighted by molar-refractivity contribution is -0.136. The Kier molecular flexibility index (Phi) is 6.72. The molecule has 1 unspecified atom stereocenters. The summed E-state index contributed by atoms with van der Waals surface area (Å²) >= 11 is 0. The van der Waals surface area contributed by atoms with Crippen LogP contribution >= 0.6 is 0 Å². The number of carbonyl (C=O) groups excluding carboxylic acids is 1. The van der Waals surface area contributed by atoms with Gasteiger partial charge in [0.25, 0.3) is 0 Å². The molecule has 0 aromatic carbocycles. The molecule has 1 saturated heterocycles. The van der Waals surface area contributed by atoms with Crippen LogP contribution in [0.2, 0.25) is 0 Å². The van der Waals surface area contributed by atoms with Crippen molar-refractivity contribution in [2.75, 3.05) is 26.2 Å². The van der Waals surface area contributed by atoms with Gasteiger partial charge in [0.15, 0.2) is 0 Å². The molecule has 0 saturated carbocycles. The molecular formula is C13H24N2O3. The predicted octanol–water partition coefficient (Wildman–Crippen LogP) is 1.09. The molecule has 1 atom stereocenters. The lowest BCUT2D eigenvalue weighted by Gasteiger charge is -2.33. The third-order valence-electron chi connectivity index (χ3n) is 3.33. The molecule has 1 aliphatic rings. The normalized spacial score (nSPS) is 19.8. The van der Waals surface area contributed by atoms with E-state index in [4.69, 9.17) is 5.11 Å². The summed E-state index contributed by atoms with van der Waals surface area (Å²) in [4.78, 5) is 24.2. The van der Waals surface area contributed by atoms with Gasteiger partial charge in [-0.3, -0.25) is 9.59 Å². The van der Waals surface area contributed by atoms with Crippen molar-refractivity contribution in [2.45, 2.75) is 39.0 Å². The van der Waals surface area contributed by atoms with Crippen LogP contribution in [0.25, 0.3) is 0 Å². The Bertz CT molecular complexity index is 281. The van der Waals surface area contributed by atoms with Gasteiger partial charge in [0.05, 0.1) is 6.54 Å². The van der Waals surface area contributed by atoms with E-state index in [1.165, 1.54) is 0 Å². The summed E-state index contributed by atoms with van der Waals surface area (Å²) in [5.41, 5.74) is 0. The van der Waals surface area contributed by atoms with Crippen molar-refractivity contribution in [1.29, 1.82) is 0 Å². The first-order valence-corrected chi connectivity index (χ1v) is 6.83. The van der Waals surface area contributed by atoms with Gasteiger partial charge in [0.2, 0.25) is 5.91 Å². The Morgan fingerprint density at radius 1 is 1.44 bits per heavy atom. The first-order valence-electron chi connectivity index (χ1n) is 6.83. The third kappa shape index (κ3) is 5.49. The number of likely N-dealkylation sites (tertiary alicyclic amines) is 1. The highest BCUT2D eigenvalue weighted by Gasteiger charge is 2.22. The number of carbonyl (C=O) groups is 2. The highest BCUT2D eigenvalue weighted by atomic mass is 16.4. The maximum atomic E-state index is 11.9. The minimum Gasteiger partial charge on any atom is -0.480 e. The number of hydrogen-bond donors (Lipinski definition) is 2. The average Bonchev–Trinajstić information content (AvgIpc) is 2.36. The van der Waals surface area contributed by atoms with E-state index in [-0.39, 0.29) is 12.5 Å². The molecule has 104 valence electrons. The lowest BCUT2D eigenvalue weighted by Crippen LogP contribution is -2.43. The van der Waals surface area contributed by atoms with Crippen molar-refractivity contribution in [3.8, 4) is 0 Å². The van der Waals surface area contributed by atoms with Crippen molar-refractivity contribution in [1.82, 2.24) is 10.2 Å². The molecule has 5 nitrogen and oxygen atoms in total. The number of carboxylic acids is 1. The topological polar surface area (TPSA) is 69.6 Å². The number of nitrogens with one attached hydrogen (secondary N) is 1. The van der Waals surface area contributed by atoms with Crippen LogP contribution in [-0.4, -0.2) is 48.1 Å². The average molecular weight is 256 g/mol. The van der Waals surface area contributed by atoms with Crippen LogP contribution in [0, 0.1) is 5.92 Å². The molecule has 0 spiro atoms. The molecule has 0 radical (unpaired) electrons. The number of unbranched alkanes of at least 4 members (excludes halogenated alkanes) is 1. The van der Waals surface area contributed by atoms with E-state index in [0.717, 1.165) is 38.8 Å². The van der Waals surface area contributed by atoms with Crippen molar-refractivity contribution >= 4 is 11.9 Å². The number of rotatable bonds is 7. The van der Waals surface area contributed by atoms with Gasteiger partial charge in [-0.25, -0.2) is 0 Å². The first-order chi connectivity index (χ1) is 8.63. The number of aliphatic carboxylic acids is 1. The van der Waals surface area contributed by atoms with E-state index < -0.39 is 5.97 Å². The smallest absolute Gasteiger partial charge is 0.317 e. The second-order valence-corrected chi connectivity index (χ2v) is 4.98. The fourth-order valence-electron chi connectivity index (χ4n) is 2.33. The van der Waals surface area contributed by atoms with Crippen LogP contribution in [0.1, 0.15) is 39.0 Å². The van der Waals surface area contributed by atoms with Crippen LogP contribution in [0.5, 0.6) is 0 Å². The second kappa shape index (κ2) is 8.08. The van der Waals surface area contributed by atoms with E-state index in [1.54, 1.807) is 0 Å². The molecular weight excluding hydrogens is 232 g/mol. The van der Waals surface area contributed by atoms with Crippen molar-refractivity contribution in [3.05, 3.63) is 0 Å². The minimum absolute atomic E-state index is 0.000279. The van der Waals surface area contributed by atoms with E-state index in [2.05, 4.69) is 12.2 Å². The SMILES string of the molecule is CCCCC(=O)N1CCCC(CNCC(=O)O)C1. The zero-order valence-electron chi connectivity index (χ0n) is 11.2. The minimum atomic E-state index is -0.832. The van der Waals surface area contributed by atoms with E-state index in [9.17, 15) is 9.59 Å². The lowest BCUT2D eigenvalue weighted by atomic mass is 9.97. The molecule has 0 aliphatic carbocycles. The molecule has 0 aromatic rings. The summed E-state index contributed by atoms with van der Waals surface area (Å²) in [7, 11) is 0. The van der Waals surface area contributed by atoms with Gasteiger partial charge < -0.3 is 15.3 Å². The van der Waals surface area contributed by atoms with Crippen LogP contribution in [0.4, 0.5) is 0 Å². The van der Waals surface area contributed by atoms with Crippen LogP contribution in [0.15, 0.2) is 0 Å². The molecule has 1 rings (SSSR count). The molecule has 1 aliphatic heterocycles. The summed E-state index contributed by atoms with van der Waals surface area (Å²) in [6.07, 6.45) is 4.74. The molecule has 1 fully saturated rings. The van der Waals surface area contributed by atoms with Crippen LogP contribution < -0.4 is 5.32 Å². The number of piperidine rings is 1. The van der Waals surface area contributed by atoms with E-state index in [0.29, 0.717) is 18.9 Å². The molecule has 18 heavy (non-hydrogen) atoms. The molecule has 0 aromatic heterocycles. The summed E-state index contributed by atoms with van der Waals surface area (Å²) in [6.45, 7) is 4.40. The van der Waals surface area contributed by atoms with Gasteiger partial charge in [-0.2, -0.15) is 0 Å². The van der Waals surface area contributed by atoms with Gasteiger partial charge in [-0.15, -0.1) is 0 Å². The fraction of sp³-hybridized carbons (Fsp3) is 0.846. The van der Waals surface area contributed by atoms with E-state index >= 15 is 0 Å². The predicted molar refractivity (Wildman–Crippen MR) is 69.3 cm³/mol. The Hall–Kier alpha value is -1.10. The van der Waals surface area contributed by atoms with Gasteiger partial charge in [-0.1, -0.05) is 13.3 Å². The maximum Gasteiger partial charge on any atom is 0.317 e. The number of carboxylic acid groups (broad SMARTS) is 1. The summed E-state index contributed by atoms with van der Waals surface area (Å²) in [6, 6.07) is 0. The van der Waals surface area contributed by atoms with Crippen LogP contribution in [-0.2, 0) is 9.59 Å². The second-order valence-electron chi connectivity index (χ2n) is 4.98. The van der Waals surface area contributed by atoms with Crippen LogP contribution in [0.3, 0.4) is 0 Å². The largest absolute Gasteiger partial charge is 0.480 e. The number of hydrogen-bond acceptors (Lipinski definition) is 3. The highest BCUT2D eigenvalue weighted by Crippen LogP contribution is 2.17. The Balaban J connectivity index is 2.27. The number of nitrogens with zero attached hydrogens (tertiary/aromatic N) is 1. The molecule has 2 N–H and O–H groups in total. The van der Waals surface area contributed by atoms with Crippen molar-refractivity contribution in [2.24, 2.45) is 5.92 Å². The fourth-order valence-corrected chi connectivity index (χ4v) is 2.33. The summed E-state index contributed by atoms with van der Waals surface area (Å²) in [5.74, 6) is -0.190. The van der Waals surface area contributed by atoms with Gasteiger partial charge in [-0.05, 0) is 25.2 Å². The van der Waals surface area contributed by atoms with Gasteiger partial charge in [0.1, 0.15) is 0 Å². The highest BCUT2D eigenvalue weighted by molar-refractivity contribution is 5.76. The third-order valence-corrected chi connectivity index (χ3v) is 3.33. The van der Waals surface area contributed by atoms with Gasteiger partial charge in [0, 0.05) is 26.1 Å².